The van der Waals surface area contributed by atoms with Crippen LogP contribution in [0.2, 0.25) is 5.02 Å². The molecule has 2 aromatic carbocycles. The zero-order valence-electron chi connectivity index (χ0n) is 17.8. The molecule has 30 heavy (non-hydrogen) atoms. The van der Waals surface area contributed by atoms with Gasteiger partial charge in [0.25, 0.3) is 0 Å². The lowest BCUT2D eigenvalue weighted by Gasteiger charge is -2.23. The molecule has 0 spiro atoms. The van der Waals surface area contributed by atoms with Crippen molar-refractivity contribution in [3.05, 3.63) is 58.6 Å². The fourth-order valence-corrected chi connectivity index (χ4v) is 4.33. The number of nitrogens with one attached hydrogen (secondary N) is 1. The van der Waals surface area contributed by atoms with Crippen molar-refractivity contribution in [3.8, 4) is 5.75 Å². The van der Waals surface area contributed by atoms with E-state index in [4.69, 9.17) is 16.3 Å². The van der Waals surface area contributed by atoms with Crippen molar-refractivity contribution in [1.29, 1.82) is 0 Å². The number of anilines is 1. The summed E-state index contributed by atoms with van der Waals surface area (Å²) >= 11 is 6.13. The lowest BCUT2D eigenvalue weighted by atomic mass is 10.0. The minimum atomic E-state index is -3.52. The molecule has 164 valence electrons. The Morgan fingerprint density at radius 3 is 2.40 bits per heavy atom. The minimum absolute atomic E-state index is 0.116. The normalized spacial score (nSPS) is 12.3. The van der Waals surface area contributed by atoms with Crippen molar-refractivity contribution >= 4 is 33.2 Å². The van der Waals surface area contributed by atoms with Gasteiger partial charge in [0, 0.05) is 13.0 Å². The summed E-state index contributed by atoms with van der Waals surface area (Å²) in [4.78, 5) is 12.3. The topological polar surface area (TPSA) is 75.7 Å². The average molecular weight is 453 g/mol. The number of aryl methyl sites for hydroxylation is 1. The molecule has 2 aromatic rings. The molecule has 1 amide bonds. The van der Waals surface area contributed by atoms with Gasteiger partial charge in [0.2, 0.25) is 15.9 Å². The summed E-state index contributed by atoms with van der Waals surface area (Å²) in [5.41, 5.74) is 2.72. The van der Waals surface area contributed by atoms with Crippen LogP contribution in [-0.4, -0.2) is 34.2 Å². The van der Waals surface area contributed by atoms with Crippen LogP contribution in [0.1, 0.15) is 43.9 Å². The summed E-state index contributed by atoms with van der Waals surface area (Å²) in [6.45, 7) is 4.20. The summed E-state index contributed by atoms with van der Waals surface area (Å²) in [5.74, 6) is 0.345. The van der Waals surface area contributed by atoms with E-state index in [-0.39, 0.29) is 24.9 Å². The fraction of sp³-hybridized carbons (Fsp3) is 0.409. The first-order valence-corrected chi connectivity index (χ1v) is 12.1. The third kappa shape index (κ3) is 6.64. The number of ether oxygens (including phenoxy) is 1. The number of methoxy groups -OCH3 is 1. The van der Waals surface area contributed by atoms with Crippen LogP contribution in [0.5, 0.6) is 5.75 Å². The van der Waals surface area contributed by atoms with Crippen LogP contribution in [-0.2, 0) is 21.2 Å². The Balaban J connectivity index is 1.96. The molecule has 1 atom stereocenters. The largest absolute Gasteiger partial charge is 0.495 e. The molecule has 0 aliphatic heterocycles. The highest BCUT2D eigenvalue weighted by molar-refractivity contribution is 7.92. The quantitative estimate of drug-likeness (QED) is 0.582. The molecular formula is C22H29ClN2O4S. The maximum Gasteiger partial charge on any atom is 0.232 e. The van der Waals surface area contributed by atoms with Gasteiger partial charge in [-0.2, -0.15) is 0 Å². The van der Waals surface area contributed by atoms with Crippen LogP contribution in [0.3, 0.4) is 0 Å². The number of carbonyl (C=O) groups is 1. The fourth-order valence-electron chi connectivity index (χ4n) is 3.12. The van der Waals surface area contributed by atoms with Crippen molar-refractivity contribution in [2.24, 2.45) is 0 Å². The number of amides is 1. The van der Waals surface area contributed by atoms with E-state index in [1.807, 2.05) is 19.1 Å². The third-order valence-corrected chi connectivity index (χ3v) is 6.34. The molecule has 0 heterocycles. The predicted molar refractivity (Wildman–Crippen MR) is 122 cm³/mol. The van der Waals surface area contributed by atoms with Crippen molar-refractivity contribution < 1.29 is 17.9 Å². The molecule has 2 rings (SSSR count). The highest BCUT2D eigenvalue weighted by atomic mass is 35.5. The van der Waals surface area contributed by atoms with Crippen LogP contribution in [0.25, 0.3) is 0 Å². The van der Waals surface area contributed by atoms with Crippen LogP contribution in [0.15, 0.2) is 42.5 Å². The van der Waals surface area contributed by atoms with E-state index in [1.165, 1.54) is 17.0 Å². The van der Waals surface area contributed by atoms with E-state index < -0.39 is 10.0 Å². The zero-order valence-corrected chi connectivity index (χ0v) is 19.4. The SMILES string of the molecule is CCc1ccc([C@@H](C)NC(=O)CCCN(c2ccc(OC)c(Cl)c2)S(C)(=O)=O)cc1. The van der Waals surface area contributed by atoms with Gasteiger partial charge in [-0.05, 0) is 49.1 Å². The Bertz CT molecular complexity index is 962. The number of hydrogen-bond acceptors (Lipinski definition) is 4. The van der Waals surface area contributed by atoms with Crippen molar-refractivity contribution in [2.45, 2.75) is 39.2 Å². The van der Waals surface area contributed by atoms with Crippen LogP contribution >= 0.6 is 11.6 Å². The summed E-state index contributed by atoms with van der Waals surface area (Å²) in [6.07, 6.45) is 2.70. The van der Waals surface area contributed by atoms with Crippen molar-refractivity contribution in [2.75, 3.05) is 24.2 Å². The second-order valence-electron chi connectivity index (χ2n) is 7.14. The minimum Gasteiger partial charge on any atom is -0.495 e. The molecule has 6 nitrogen and oxygen atoms in total. The Labute approximate surface area is 184 Å². The number of halogens is 1. The van der Waals surface area contributed by atoms with Gasteiger partial charge < -0.3 is 10.1 Å². The number of rotatable bonds is 10. The first-order valence-electron chi connectivity index (χ1n) is 9.85. The standard InChI is InChI=1S/C22H29ClN2O4S/c1-5-17-8-10-18(11-9-17)16(2)24-22(26)7-6-14-25(30(4,27)28)19-12-13-21(29-3)20(23)15-19/h8-13,15-16H,5-7,14H2,1-4H3,(H,24,26)/t16-/m1/s1. The highest BCUT2D eigenvalue weighted by Gasteiger charge is 2.19. The maximum atomic E-state index is 12.3. The predicted octanol–water partition coefficient (Wildman–Crippen LogP) is 4.33. The Kier molecular flexibility index (Phi) is 8.55. The molecule has 0 saturated carbocycles. The van der Waals surface area contributed by atoms with Gasteiger partial charge in [-0.1, -0.05) is 42.8 Å². The Morgan fingerprint density at radius 2 is 1.87 bits per heavy atom. The number of benzene rings is 2. The number of hydrogen-bond donors (Lipinski definition) is 1. The Hall–Kier alpha value is -2.25. The zero-order chi connectivity index (χ0) is 22.3. The second-order valence-corrected chi connectivity index (χ2v) is 9.46. The van der Waals surface area contributed by atoms with Crippen LogP contribution < -0.4 is 14.4 Å². The van der Waals surface area contributed by atoms with E-state index in [0.29, 0.717) is 22.9 Å². The van der Waals surface area contributed by atoms with Crippen molar-refractivity contribution in [1.82, 2.24) is 5.32 Å². The van der Waals surface area contributed by atoms with E-state index in [0.717, 1.165) is 18.2 Å². The summed E-state index contributed by atoms with van der Waals surface area (Å²) in [5, 5.41) is 3.29. The molecular weight excluding hydrogens is 424 g/mol. The van der Waals surface area contributed by atoms with Gasteiger partial charge in [0.1, 0.15) is 5.75 Å². The number of carbonyl (C=O) groups excluding carboxylic acids is 1. The second kappa shape index (κ2) is 10.7. The van der Waals surface area contributed by atoms with E-state index in [9.17, 15) is 13.2 Å². The lowest BCUT2D eigenvalue weighted by Crippen LogP contribution is -2.32. The summed E-state index contributed by atoms with van der Waals surface area (Å²) < 4.78 is 30.8. The van der Waals surface area contributed by atoms with Gasteiger partial charge in [-0.3, -0.25) is 9.10 Å². The molecule has 0 saturated heterocycles. The average Bonchev–Trinajstić information content (AvgIpc) is 2.70. The first-order chi connectivity index (χ1) is 14.2. The molecule has 0 bridgehead atoms. The summed E-state index contributed by atoms with van der Waals surface area (Å²) in [7, 11) is -2.03. The third-order valence-electron chi connectivity index (χ3n) is 4.85. The molecule has 8 heteroatoms. The van der Waals surface area contributed by atoms with E-state index in [2.05, 4.69) is 24.4 Å². The molecule has 0 aromatic heterocycles. The lowest BCUT2D eigenvalue weighted by molar-refractivity contribution is -0.121. The molecule has 1 N–H and O–H groups in total. The number of sulfonamides is 1. The van der Waals surface area contributed by atoms with Gasteiger partial charge >= 0.3 is 0 Å². The molecule has 0 unspecified atom stereocenters. The highest BCUT2D eigenvalue weighted by Crippen LogP contribution is 2.30. The number of nitrogens with zero attached hydrogens (tertiary/aromatic N) is 1. The van der Waals surface area contributed by atoms with Gasteiger partial charge in [0.05, 0.1) is 30.1 Å². The Morgan fingerprint density at radius 1 is 1.20 bits per heavy atom. The molecule has 0 aliphatic rings. The first kappa shape index (κ1) is 24.0. The molecule has 0 radical (unpaired) electrons. The van der Waals surface area contributed by atoms with Crippen molar-refractivity contribution in [3.63, 3.8) is 0 Å². The van der Waals surface area contributed by atoms with Gasteiger partial charge in [0.15, 0.2) is 0 Å². The van der Waals surface area contributed by atoms with E-state index >= 15 is 0 Å². The van der Waals surface area contributed by atoms with Crippen LogP contribution in [0, 0.1) is 0 Å². The van der Waals surface area contributed by atoms with Gasteiger partial charge in [-0.25, -0.2) is 8.42 Å². The van der Waals surface area contributed by atoms with Crippen LogP contribution in [0.4, 0.5) is 5.69 Å². The smallest absolute Gasteiger partial charge is 0.232 e. The molecule has 0 aliphatic carbocycles. The maximum absolute atomic E-state index is 12.3. The summed E-state index contributed by atoms with van der Waals surface area (Å²) in [6, 6.07) is 12.8. The van der Waals surface area contributed by atoms with Gasteiger partial charge in [-0.15, -0.1) is 0 Å². The molecule has 0 fully saturated rings. The monoisotopic (exact) mass is 452 g/mol. The van der Waals surface area contributed by atoms with E-state index in [1.54, 1.807) is 18.2 Å².